The number of allylic oxidation sites excluding steroid dienone is 3. The highest BCUT2D eigenvalue weighted by Gasteiger charge is 2.50. The van der Waals surface area contributed by atoms with E-state index in [0.717, 1.165) is 18.8 Å². The van der Waals surface area contributed by atoms with Gasteiger partial charge in [0, 0.05) is 5.92 Å². The van der Waals surface area contributed by atoms with Gasteiger partial charge in [-0.05, 0) is 88.4 Å². The normalized spacial score (nSPS) is 39.8. The van der Waals surface area contributed by atoms with Crippen molar-refractivity contribution in [3.05, 3.63) is 23.3 Å². The zero-order valence-electron chi connectivity index (χ0n) is 20.0. The van der Waals surface area contributed by atoms with Gasteiger partial charge in [0.2, 0.25) is 0 Å². The molecule has 3 heteroatoms. The smallest absolute Gasteiger partial charge is 0.0627 e. The van der Waals surface area contributed by atoms with Crippen LogP contribution in [0.25, 0.3) is 0 Å². The Morgan fingerprint density at radius 3 is 2.43 bits per heavy atom. The summed E-state index contributed by atoms with van der Waals surface area (Å²) in [7, 11) is 0. The molecule has 3 unspecified atom stereocenters. The first-order valence-corrected chi connectivity index (χ1v) is 12.5. The summed E-state index contributed by atoms with van der Waals surface area (Å²) in [6.45, 7) is 10.8. The van der Waals surface area contributed by atoms with Gasteiger partial charge in [-0.1, -0.05) is 56.9 Å². The van der Waals surface area contributed by atoms with Gasteiger partial charge in [0.25, 0.3) is 0 Å². The maximum Gasteiger partial charge on any atom is 0.0627 e. The lowest BCUT2D eigenvalue weighted by Crippen LogP contribution is -2.36. The first kappa shape index (κ1) is 24.0. The van der Waals surface area contributed by atoms with E-state index in [1.807, 2.05) is 20.8 Å². The largest absolute Gasteiger partial charge is 0.392 e. The van der Waals surface area contributed by atoms with Crippen LogP contribution >= 0.6 is 0 Å². The summed E-state index contributed by atoms with van der Waals surface area (Å²) in [6.07, 6.45) is 14.8. The molecular weight excluding hydrogens is 372 g/mol. The molecule has 30 heavy (non-hydrogen) atoms. The Morgan fingerprint density at radius 2 is 1.80 bits per heavy atom. The molecule has 0 aromatic heterocycles. The molecule has 0 aromatic carbocycles. The van der Waals surface area contributed by atoms with Crippen molar-refractivity contribution in [2.75, 3.05) is 0 Å². The Morgan fingerprint density at radius 1 is 1.13 bits per heavy atom. The summed E-state index contributed by atoms with van der Waals surface area (Å²) in [5.74, 6) is 2.15. The van der Waals surface area contributed by atoms with Crippen LogP contribution in [0.3, 0.4) is 0 Å². The minimum Gasteiger partial charge on any atom is -0.392 e. The zero-order valence-corrected chi connectivity index (χ0v) is 20.0. The summed E-state index contributed by atoms with van der Waals surface area (Å²) in [6, 6.07) is 0. The summed E-state index contributed by atoms with van der Waals surface area (Å²) < 4.78 is 0. The predicted octanol–water partition coefficient (Wildman–Crippen LogP) is 5.78. The van der Waals surface area contributed by atoms with Gasteiger partial charge in [-0.25, -0.2) is 0 Å². The van der Waals surface area contributed by atoms with Crippen molar-refractivity contribution in [2.24, 2.45) is 29.1 Å². The summed E-state index contributed by atoms with van der Waals surface area (Å²) >= 11 is 0. The van der Waals surface area contributed by atoms with E-state index in [0.29, 0.717) is 30.1 Å². The number of aliphatic hydroxyl groups is 3. The molecule has 3 rings (SSSR count). The van der Waals surface area contributed by atoms with Crippen molar-refractivity contribution in [3.8, 4) is 0 Å². The highest BCUT2D eigenvalue weighted by atomic mass is 16.3. The molecule has 0 bridgehead atoms. The Balaban J connectivity index is 1.67. The molecule has 0 aliphatic heterocycles. The van der Waals surface area contributed by atoms with Crippen LogP contribution in [-0.4, -0.2) is 33.1 Å². The third-order valence-electron chi connectivity index (χ3n) is 8.86. The number of aliphatic hydroxyl groups excluding tert-OH is 2. The molecule has 3 nitrogen and oxygen atoms in total. The van der Waals surface area contributed by atoms with Gasteiger partial charge in [-0.2, -0.15) is 0 Å². The molecule has 0 spiro atoms. The van der Waals surface area contributed by atoms with Gasteiger partial charge in [0.05, 0.1) is 17.8 Å². The highest BCUT2D eigenvalue weighted by molar-refractivity contribution is 5.26. The molecule has 0 aromatic rings. The number of hydrogen-bond acceptors (Lipinski definition) is 3. The average molecular weight is 419 g/mol. The fourth-order valence-corrected chi connectivity index (χ4v) is 6.88. The van der Waals surface area contributed by atoms with Crippen molar-refractivity contribution in [3.63, 3.8) is 0 Å². The molecule has 172 valence electrons. The average Bonchev–Trinajstić information content (AvgIpc) is 3.00. The van der Waals surface area contributed by atoms with Crippen molar-refractivity contribution >= 4 is 0 Å². The molecule has 0 radical (unpaired) electrons. The molecule has 3 N–H and O–H groups in total. The standard InChI is InChI=1S/C27H46O3/c1-18(8-6-14-26(3,4)30)22-12-13-23-21(9-7-15-27(22,23)5)11-10-20-16-24(28)19(2)25(29)17-20/h10-11,18-19,22-25,28-30H,6-9,12-17H2,1-5H3/b20-10?,21-11+/t18-,19?,22?,23?,24-,25-,27?/m1/s1. The molecule has 3 aliphatic rings. The van der Waals surface area contributed by atoms with Crippen molar-refractivity contribution in [2.45, 2.75) is 117 Å². The van der Waals surface area contributed by atoms with E-state index < -0.39 is 17.8 Å². The van der Waals surface area contributed by atoms with Gasteiger partial charge in [0.1, 0.15) is 0 Å². The second-order valence-corrected chi connectivity index (χ2v) is 11.7. The fourth-order valence-electron chi connectivity index (χ4n) is 6.88. The first-order valence-electron chi connectivity index (χ1n) is 12.5. The second kappa shape index (κ2) is 9.46. The maximum absolute atomic E-state index is 10.2. The summed E-state index contributed by atoms with van der Waals surface area (Å²) in [5.41, 5.74) is 2.65. The second-order valence-electron chi connectivity index (χ2n) is 11.7. The Bertz CT molecular complexity index is 629. The van der Waals surface area contributed by atoms with Gasteiger partial charge in [-0.3, -0.25) is 0 Å². The fraction of sp³-hybridized carbons (Fsp3) is 0.852. The summed E-state index contributed by atoms with van der Waals surface area (Å²) in [5, 5.41) is 30.5. The zero-order chi connectivity index (χ0) is 22.1. The van der Waals surface area contributed by atoms with Crippen LogP contribution in [0, 0.1) is 29.1 Å². The Labute approximate surface area is 184 Å². The van der Waals surface area contributed by atoms with Crippen molar-refractivity contribution < 1.29 is 15.3 Å². The van der Waals surface area contributed by atoms with Gasteiger partial charge < -0.3 is 15.3 Å². The van der Waals surface area contributed by atoms with Crippen LogP contribution in [0.1, 0.15) is 98.8 Å². The number of rotatable bonds is 6. The van der Waals surface area contributed by atoms with Gasteiger partial charge in [0.15, 0.2) is 0 Å². The third-order valence-corrected chi connectivity index (χ3v) is 8.86. The molecule has 0 saturated heterocycles. The van der Waals surface area contributed by atoms with E-state index >= 15 is 0 Å². The molecule has 0 amide bonds. The van der Waals surface area contributed by atoms with E-state index in [1.165, 1.54) is 44.1 Å². The maximum atomic E-state index is 10.2. The van der Waals surface area contributed by atoms with Crippen molar-refractivity contribution in [1.29, 1.82) is 0 Å². The van der Waals surface area contributed by atoms with Crippen LogP contribution in [0.15, 0.2) is 23.3 Å². The van der Waals surface area contributed by atoms with Crippen LogP contribution in [0.5, 0.6) is 0 Å². The molecule has 3 saturated carbocycles. The Kier molecular flexibility index (Phi) is 7.58. The quantitative estimate of drug-likeness (QED) is 0.512. The number of hydrogen-bond donors (Lipinski definition) is 3. The predicted molar refractivity (Wildman–Crippen MR) is 124 cm³/mol. The summed E-state index contributed by atoms with van der Waals surface area (Å²) in [4.78, 5) is 0. The monoisotopic (exact) mass is 418 g/mol. The van der Waals surface area contributed by atoms with Crippen LogP contribution in [0.4, 0.5) is 0 Å². The molecule has 3 fully saturated rings. The van der Waals surface area contributed by atoms with E-state index in [9.17, 15) is 15.3 Å². The lowest BCUT2D eigenvalue weighted by Gasteiger charge is -2.44. The van der Waals surface area contributed by atoms with Crippen LogP contribution in [0.2, 0.25) is 0 Å². The molecular formula is C27H46O3. The topological polar surface area (TPSA) is 60.7 Å². The van der Waals surface area contributed by atoms with E-state index in [4.69, 9.17) is 0 Å². The first-order chi connectivity index (χ1) is 14.0. The van der Waals surface area contributed by atoms with E-state index in [-0.39, 0.29) is 5.92 Å². The lowest BCUT2D eigenvalue weighted by molar-refractivity contribution is 0.00406. The van der Waals surface area contributed by atoms with Crippen LogP contribution in [-0.2, 0) is 0 Å². The van der Waals surface area contributed by atoms with Gasteiger partial charge >= 0.3 is 0 Å². The molecule has 0 heterocycles. The Hall–Kier alpha value is -0.640. The van der Waals surface area contributed by atoms with Gasteiger partial charge in [-0.15, -0.1) is 0 Å². The third kappa shape index (κ3) is 5.40. The minimum absolute atomic E-state index is 0.0266. The molecule has 6 atom stereocenters. The SMILES string of the molecule is CC1[C@H](O)CC(=C/C=C2\CCCC3(C)C2CCC3[C@H](C)CCCC(C)(C)O)C[C@H]1O. The van der Waals surface area contributed by atoms with E-state index in [2.05, 4.69) is 26.0 Å². The van der Waals surface area contributed by atoms with Crippen molar-refractivity contribution in [1.82, 2.24) is 0 Å². The minimum atomic E-state index is -0.547. The van der Waals surface area contributed by atoms with E-state index in [1.54, 1.807) is 5.57 Å². The van der Waals surface area contributed by atoms with Crippen LogP contribution < -0.4 is 0 Å². The lowest BCUT2D eigenvalue weighted by atomic mass is 9.60. The molecule has 3 aliphatic carbocycles. The highest BCUT2D eigenvalue weighted by Crippen LogP contribution is 2.60. The number of fused-ring (bicyclic) bond motifs is 1.